The molecular formula is C17H27NO3. The molecule has 4 nitrogen and oxygen atoms in total. The molecule has 0 saturated heterocycles. The molecule has 1 rings (SSSR count). The van der Waals surface area contributed by atoms with Crippen LogP contribution in [0.2, 0.25) is 0 Å². The minimum absolute atomic E-state index is 0.149. The van der Waals surface area contributed by atoms with Crippen molar-refractivity contribution in [1.82, 2.24) is 5.32 Å². The average molecular weight is 293 g/mol. The Morgan fingerprint density at radius 2 is 2.00 bits per heavy atom. The predicted molar refractivity (Wildman–Crippen MR) is 84.7 cm³/mol. The molecule has 1 atom stereocenters. The summed E-state index contributed by atoms with van der Waals surface area (Å²) in [4.78, 5) is 12.2. The summed E-state index contributed by atoms with van der Waals surface area (Å²) in [7, 11) is 1.59. The molecule has 4 heteroatoms. The van der Waals surface area contributed by atoms with Crippen LogP contribution < -0.4 is 10.1 Å². The van der Waals surface area contributed by atoms with Gasteiger partial charge in [0.05, 0.1) is 13.2 Å². The molecule has 1 aromatic rings. The van der Waals surface area contributed by atoms with Crippen LogP contribution in [0.25, 0.3) is 0 Å². The van der Waals surface area contributed by atoms with Crippen LogP contribution in [0.15, 0.2) is 18.2 Å². The van der Waals surface area contributed by atoms with Crippen LogP contribution in [0.3, 0.4) is 0 Å². The van der Waals surface area contributed by atoms with E-state index in [1.165, 1.54) is 0 Å². The number of hydrogen-bond acceptors (Lipinski definition) is 3. The summed E-state index contributed by atoms with van der Waals surface area (Å²) < 4.78 is 5.23. The minimum atomic E-state index is -0.467. The third-order valence-corrected chi connectivity index (χ3v) is 3.81. The fourth-order valence-electron chi connectivity index (χ4n) is 2.38. The Morgan fingerprint density at radius 1 is 1.38 bits per heavy atom. The van der Waals surface area contributed by atoms with Crippen molar-refractivity contribution in [2.24, 2.45) is 11.3 Å². The third kappa shape index (κ3) is 4.46. The number of hydrogen-bond donors (Lipinski definition) is 2. The molecule has 2 N–H and O–H groups in total. The molecule has 1 aromatic carbocycles. The number of nitrogens with one attached hydrogen (secondary N) is 1. The zero-order chi connectivity index (χ0) is 16.2. The number of amides is 1. The Bertz CT molecular complexity index is 495. The van der Waals surface area contributed by atoms with Gasteiger partial charge in [-0.1, -0.05) is 33.8 Å². The molecule has 1 amide bonds. The maximum atomic E-state index is 12.2. The molecule has 0 aliphatic carbocycles. The van der Waals surface area contributed by atoms with E-state index in [-0.39, 0.29) is 17.2 Å². The largest absolute Gasteiger partial charge is 0.496 e. The molecule has 0 saturated carbocycles. The summed E-state index contributed by atoms with van der Waals surface area (Å²) in [5, 5.41) is 13.1. The van der Waals surface area contributed by atoms with Crippen molar-refractivity contribution >= 4 is 5.91 Å². The van der Waals surface area contributed by atoms with Crippen LogP contribution in [0.1, 0.15) is 43.6 Å². The summed E-state index contributed by atoms with van der Waals surface area (Å²) in [5.41, 5.74) is 1.18. The fourth-order valence-corrected chi connectivity index (χ4v) is 2.38. The first-order chi connectivity index (χ1) is 9.69. The summed E-state index contributed by atoms with van der Waals surface area (Å²) in [6.07, 6.45) is -0.467. The SMILES string of the molecule is COc1cc(C(=O)NCC(C)(C)C(O)C(C)C)ccc1C. The van der Waals surface area contributed by atoms with Gasteiger partial charge >= 0.3 is 0 Å². The third-order valence-electron chi connectivity index (χ3n) is 3.81. The second kappa shape index (κ2) is 6.94. The van der Waals surface area contributed by atoms with E-state index in [0.29, 0.717) is 17.9 Å². The smallest absolute Gasteiger partial charge is 0.251 e. The van der Waals surface area contributed by atoms with Gasteiger partial charge in [0.1, 0.15) is 5.75 Å². The van der Waals surface area contributed by atoms with Crippen LogP contribution in [-0.4, -0.2) is 30.8 Å². The number of carbonyl (C=O) groups excluding carboxylic acids is 1. The number of aryl methyl sites for hydroxylation is 1. The monoisotopic (exact) mass is 293 g/mol. The van der Waals surface area contributed by atoms with Gasteiger partial charge in [0, 0.05) is 17.5 Å². The molecule has 0 spiro atoms. The molecule has 1 unspecified atom stereocenters. The van der Waals surface area contributed by atoms with Gasteiger partial charge in [-0.15, -0.1) is 0 Å². The zero-order valence-corrected chi connectivity index (χ0v) is 13.9. The van der Waals surface area contributed by atoms with Gasteiger partial charge in [-0.3, -0.25) is 4.79 Å². The Labute approximate surface area is 127 Å². The van der Waals surface area contributed by atoms with Crippen molar-refractivity contribution in [3.63, 3.8) is 0 Å². The first-order valence-corrected chi connectivity index (χ1v) is 7.30. The van der Waals surface area contributed by atoms with E-state index in [0.717, 1.165) is 5.56 Å². The van der Waals surface area contributed by atoms with Crippen LogP contribution >= 0.6 is 0 Å². The Hall–Kier alpha value is -1.55. The van der Waals surface area contributed by atoms with Crippen LogP contribution in [0, 0.1) is 18.3 Å². The maximum absolute atomic E-state index is 12.2. The summed E-state index contributed by atoms with van der Waals surface area (Å²) in [6, 6.07) is 5.37. The summed E-state index contributed by atoms with van der Waals surface area (Å²) in [5.74, 6) is 0.692. The van der Waals surface area contributed by atoms with E-state index < -0.39 is 6.10 Å². The lowest BCUT2D eigenvalue weighted by molar-refractivity contribution is 0.0138. The molecule has 0 fully saturated rings. The standard InChI is InChI=1S/C17H27NO3/c1-11(2)15(19)17(4,5)10-18-16(20)13-8-7-12(3)14(9-13)21-6/h7-9,11,15,19H,10H2,1-6H3,(H,18,20). The maximum Gasteiger partial charge on any atom is 0.251 e. The lowest BCUT2D eigenvalue weighted by Gasteiger charge is -2.33. The number of carbonyl (C=O) groups is 1. The van der Waals surface area contributed by atoms with E-state index in [9.17, 15) is 9.90 Å². The molecule has 21 heavy (non-hydrogen) atoms. The highest BCUT2D eigenvalue weighted by molar-refractivity contribution is 5.94. The highest BCUT2D eigenvalue weighted by atomic mass is 16.5. The molecule has 0 bridgehead atoms. The van der Waals surface area contributed by atoms with Crippen molar-refractivity contribution in [3.05, 3.63) is 29.3 Å². The van der Waals surface area contributed by atoms with Gasteiger partial charge in [0.15, 0.2) is 0 Å². The van der Waals surface area contributed by atoms with Gasteiger partial charge in [-0.25, -0.2) is 0 Å². The molecular weight excluding hydrogens is 266 g/mol. The van der Waals surface area contributed by atoms with Gasteiger partial charge in [-0.2, -0.15) is 0 Å². The molecule has 0 radical (unpaired) electrons. The first kappa shape index (κ1) is 17.5. The van der Waals surface area contributed by atoms with Crippen molar-refractivity contribution in [2.45, 2.75) is 40.7 Å². The molecule has 118 valence electrons. The topological polar surface area (TPSA) is 58.6 Å². The summed E-state index contributed by atoms with van der Waals surface area (Å²) in [6.45, 7) is 10.2. The van der Waals surface area contributed by atoms with Crippen molar-refractivity contribution in [1.29, 1.82) is 0 Å². The van der Waals surface area contributed by atoms with E-state index in [1.54, 1.807) is 19.2 Å². The fraction of sp³-hybridized carbons (Fsp3) is 0.588. The number of benzene rings is 1. The quantitative estimate of drug-likeness (QED) is 0.848. The molecule has 0 aromatic heterocycles. The Morgan fingerprint density at radius 3 is 2.52 bits per heavy atom. The predicted octanol–water partition coefficient (Wildman–Crippen LogP) is 2.78. The van der Waals surface area contributed by atoms with Crippen molar-refractivity contribution in [2.75, 3.05) is 13.7 Å². The average Bonchev–Trinajstić information content (AvgIpc) is 2.44. The molecule has 0 aliphatic heterocycles. The van der Waals surface area contributed by atoms with Crippen molar-refractivity contribution in [3.8, 4) is 5.75 Å². The van der Waals surface area contributed by atoms with Crippen LogP contribution in [-0.2, 0) is 0 Å². The highest BCUT2D eigenvalue weighted by Gasteiger charge is 2.30. The van der Waals surface area contributed by atoms with Crippen LogP contribution in [0.4, 0.5) is 0 Å². The van der Waals surface area contributed by atoms with Crippen LogP contribution in [0.5, 0.6) is 5.75 Å². The van der Waals surface area contributed by atoms with E-state index in [4.69, 9.17) is 4.74 Å². The highest BCUT2D eigenvalue weighted by Crippen LogP contribution is 2.25. The lowest BCUT2D eigenvalue weighted by atomic mass is 9.80. The second-order valence-corrected chi connectivity index (χ2v) is 6.54. The second-order valence-electron chi connectivity index (χ2n) is 6.54. The molecule has 0 heterocycles. The number of rotatable bonds is 6. The molecule has 0 aliphatic rings. The minimum Gasteiger partial charge on any atom is -0.496 e. The van der Waals surface area contributed by atoms with Gasteiger partial charge in [-0.05, 0) is 30.5 Å². The number of ether oxygens (including phenoxy) is 1. The number of aliphatic hydroxyl groups excluding tert-OH is 1. The normalized spacial score (nSPS) is 13.1. The van der Waals surface area contributed by atoms with Gasteiger partial charge < -0.3 is 15.2 Å². The first-order valence-electron chi connectivity index (χ1n) is 7.30. The van der Waals surface area contributed by atoms with E-state index in [1.807, 2.05) is 40.7 Å². The Kier molecular flexibility index (Phi) is 5.78. The Balaban J connectivity index is 2.74. The summed E-state index contributed by atoms with van der Waals surface area (Å²) >= 11 is 0. The lowest BCUT2D eigenvalue weighted by Crippen LogP contribution is -2.43. The van der Waals surface area contributed by atoms with Gasteiger partial charge in [0.25, 0.3) is 5.91 Å². The van der Waals surface area contributed by atoms with Crippen molar-refractivity contribution < 1.29 is 14.6 Å². The van der Waals surface area contributed by atoms with E-state index >= 15 is 0 Å². The van der Waals surface area contributed by atoms with Gasteiger partial charge in [0.2, 0.25) is 0 Å². The zero-order valence-electron chi connectivity index (χ0n) is 13.9. The number of aliphatic hydroxyl groups is 1. The van der Waals surface area contributed by atoms with E-state index in [2.05, 4.69) is 5.32 Å². The number of methoxy groups -OCH3 is 1.